The number of hydrogen-bond acceptors (Lipinski definition) is 3. The maximum atomic E-state index is 12.0. The first kappa shape index (κ1) is 19.0. The van der Waals surface area contributed by atoms with Gasteiger partial charge in [0.15, 0.2) is 0 Å². The van der Waals surface area contributed by atoms with Crippen LogP contribution in [0.25, 0.3) is 0 Å². The summed E-state index contributed by atoms with van der Waals surface area (Å²) in [5.41, 5.74) is 2.11. The molecule has 0 saturated heterocycles. The van der Waals surface area contributed by atoms with E-state index < -0.39 is 6.10 Å². The fourth-order valence-corrected chi connectivity index (χ4v) is 2.63. The molecule has 1 aromatic heterocycles. The lowest BCUT2D eigenvalue weighted by atomic mass is 10.1. The Balaban J connectivity index is 1.80. The van der Waals surface area contributed by atoms with Crippen molar-refractivity contribution in [2.75, 3.05) is 6.54 Å². The van der Waals surface area contributed by atoms with Crippen molar-refractivity contribution in [3.63, 3.8) is 0 Å². The summed E-state index contributed by atoms with van der Waals surface area (Å²) < 4.78 is 1.85. The normalized spacial score (nSPS) is 13.5. The van der Waals surface area contributed by atoms with Gasteiger partial charge in [-0.25, -0.2) is 4.79 Å². The van der Waals surface area contributed by atoms with Gasteiger partial charge < -0.3 is 15.7 Å². The number of urea groups is 1. The Labute approximate surface area is 149 Å². The second kappa shape index (κ2) is 9.22. The molecule has 2 amide bonds. The SMILES string of the molecule is CC(C)CC(O)CNC(=O)NC(C)c1cnn(Cc2ccccc2)c1. The summed E-state index contributed by atoms with van der Waals surface area (Å²) in [5, 5.41) is 19.7. The zero-order chi connectivity index (χ0) is 18.2. The molecular weight excluding hydrogens is 316 g/mol. The van der Waals surface area contributed by atoms with Crippen LogP contribution in [0.2, 0.25) is 0 Å². The first-order valence-corrected chi connectivity index (χ1v) is 8.72. The number of aliphatic hydroxyl groups is 1. The lowest BCUT2D eigenvalue weighted by Crippen LogP contribution is -2.41. The third kappa shape index (κ3) is 6.58. The van der Waals surface area contributed by atoms with Crippen molar-refractivity contribution >= 4 is 6.03 Å². The number of aliphatic hydroxyl groups excluding tert-OH is 1. The van der Waals surface area contributed by atoms with Crippen molar-refractivity contribution in [2.45, 2.75) is 45.9 Å². The van der Waals surface area contributed by atoms with Gasteiger partial charge in [-0.05, 0) is 24.8 Å². The minimum atomic E-state index is -0.519. The predicted octanol–water partition coefficient (Wildman–Crippen LogP) is 2.70. The van der Waals surface area contributed by atoms with E-state index in [4.69, 9.17) is 0 Å². The number of hydrogen-bond donors (Lipinski definition) is 3. The van der Waals surface area contributed by atoms with Gasteiger partial charge in [-0.3, -0.25) is 4.68 Å². The molecule has 0 spiro atoms. The van der Waals surface area contributed by atoms with Gasteiger partial charge in [-0.15, -0.1) is 0 Å². The Hall–Kier alpha value is -2.34. The minimum Gasteiger partial charge on any atom is -0.391 e. The van der Waals surface area contributed by atoms with E-state index in [1.807, 2.05) is 49.8 Å². The highest BCUT2D eigenvalue weighted by Crippen LogP contribution is 2.12. The number of nitrogens with one attached hydrogen (secondary N) is 2. The van der Waals surface area contributed by atoms with Crippen molar-refractivity contribution < 1.29 is 9.90 Å². The summed E-state index contributed by atoms with van der Waals surface area (Å²) in [6, 6.07) is 9.65. The molecule has 1 heterocycles. The Kier molecular flexibility index (Phi) is 7.01. The van der Waals surface area contributed by atoms with Crippen LogP contribution >= 0.6 is 0 Å². The molecule has 6 heteroatoms. The molecule has 0 aliphatic rings. The van der Waals surface area contributed by atoms with E-state index in [2.05, 4.69) is 27.9 Å². The third-order valence-corrected chi connectivity index (χ3v) is 3.93. The standard InChI is InChI=1S/C19H28N4O2/c1-14(2)9-18(24)11-20-19(25)22-15(3)17-10-21-23(13-17)12-16-7-5-4-6-8-16/h4-8,10,13-15,18,24H,9,11-12H2,1-3H3,(H2,20,22,25). The average molecular weight is 344 g/mol. The van der Waals surface area contributed by atoms with E-state index in [1.54, 1.807) is 6.20 Å². The molecule has 0 bridgehead atoms. The number of amides is 2. The van der Waals surface area contributed by atoms with Crippen molar-refractivity contribution in [1.82, 2.24) is 20.4 Å². The Morgan fingerprint density at radius 3 is 2.64 bits per heavy atom. The predicted molar refractivity (Wildman–Crippen MR) is 98.2 cm³/mol. The van der Waals surface area contributed by atoms with E-state index in [0.29, 0.717) is 18.9 Å². The Morgan fingerprint density at radius 2 is 1.96 bits per heavy atom. The zero-order valence-corrected chi connectivity index (χ0v) is 15.1. The molecule has 136 valence electrons. The third-order valence-electron chi connectivity index (χ3n) is 3.93. The topological polar surface area (TPSA) is 79.2 Å². The lowest BCUT2D eigenvalue weighted by molar-refractivity contribution is 0.146. The molecule has 0 saturated carbocycles. The van der Waals surface area contributed by atoms with Crippen molar-refractivity contribution in [3.8, 4) is 0 Å². The van der Waals surface area contributed by atoms with Crippen LogP contribution in [0.5, 0.6) is 0 Å². The van der Waals surface area contributed by atoms with Crippen LogP contribution in [0.15, 0.2) is 42.7 Å². The first-order valence-electron chi connectivity index (χ1n) is 8.72. The smallest absolute Gasteiger partial charge is 0.315 e. The van der Waals surface area contributed by atoms with Crippen molar-refractivity contribution in [1.29, 1.82) is 0 Å². The van der Waals surface area contributed by atoms with E-state index in [9.17, 15) is 9.90 Å². The summed E-state index contributed by atoms with van der Waals surface area (Å²) in [7, 11) is 0. The van der Waals surface area contributed by atoms with E-state index in [1.165, 1.54) is 5.56 Å². The Bertz CT molecular complexity index is 654. The monoisotopic (exact) mass is 344 g/mol. The van der Waals surface area contributed by atoms with Gasteiger partial charge in [-0.2, -0.15) is 5.10 Å². The summed E-state index contributed by atoms with van der Waals surface area (Å²) >= 11 is 0. The molecular formula is C19H28N4O2. The van der Waals surface area contributed by atoms with E-state index in [0.717, 1.165) is 5.56 Å². The summed E-state index contributed by atoms with van der Waals surface area (Å²) in [5.74, 6) is 0.397. The van der Waals surface area contributed by atoms with Crippen LogP contribution in [-0.4, -0.2) is 33.6 Å². The number of carbonyl (C=O) groups is 1. The number of aromatic nitrogens is 2. The highest BCUT2D eigenvalue weighted by Gasteiger charge is 2.13. The molecule has 2 atom stereocenters. The van der Waals surface area contributed by atoms with Gasteiger partial charge in [0, 0.05) is 18.3 Å². The molecule has 0 aliphatic carbocycles. The van der Waals surface area contributed by atoms with Gasteiger partial charge in [0.25, 0.3) is 0 Å². The van der Waals surface area contributed by atoms with Gasteiger partial charge >= 0.3 is 6.03 Å². The first-order chi connectivity index (χ1) is 11.9. The molecule has 0 aliphatic heterocycles. The van der Waals surface area contributed by atoms with Gasteiger partial charge in [0.1, 0.15) is 0 Å². The fraction of sp³-hybridized carbons (Fsp3) is 0.474. The van der Waals surface area contributed by atoms with E-state index >= 15 is 0 Å². The molecule has 0 radical (unpaired) electrons. The number of nitrogens with zero attached hydrogens (tertiary/aromatic N) is 2. The van der Waals surface area contributed by atoms with Crippen molar-refractivity contribution in [3.05, 3.63) is 53.9 Å². The zero-order valence-electron chi connectivity index (χ0n) is 15.1. The highest BCUT2D eigenvalue weighted by molar-refractivity contribution is 5.74. The molecule has 25 heavy (non-hydrogen) atoms. The molecule has 2 rings (SSSR count). The number of carbonyl (C=O) groups excluding carboxylic acids is 1. The molecule has 0 fully saturated rings. The van der Waals surface area contributed by atoms with Crippen LogP contribution in [0, 0.1) is 5.92 Å². The maximum Gasteiger partial charge on any atom is 0.315 e. The Morgan fingerprint density at radius 1 is 1.24 bits per heavy atom. The van der Waals surface area contributed by atoms with Gasteiger partial charge in [-0.1, -0.05) is 44.2 Å². The second-order valence-electron chi connectivity index (χ2n) is 6.82. The van der Waals surface area contributed by atoms with Crippen LogP contribution in [0.3, 0.4) is 0 Å². The molecule has 2 unspecified atom stereocenters. The minimum absolute atomic E-state index is 0.160. The van der Waals surface area contributed by atoms with Crippen LogP contribution in [0.4, 0.5) is 4.79 Å². The second-order valence-corrected chi connectivity index (χ2v) is 6.82. The van der Waals surface area contributed by atoms with Crippen LogP contribution in [-0.2, 0) is 6.54 Å². The van der Waals surface area contributed by atoms with Crippen LogP contribution < -0.4 is 10.6 Å². The largest absolute Gasteiger partial charge is 0.391 e. The number of benzene rings is 1. The summed E-state index contributed by atoms with van der Waals surface area (Å²) in [6.07, 6.45) is 3.85. The maximum absolute atomic E-state index is 12.0. The number of rotatable bonds is 8. The van der Waals surface area contributed by atoms with E-state index in [-0.39, 0.29) is 18.6 Å². The highest BCUT2D eigenvalue weighted by atomic mass is 16.3. The lowest BCUT2D eigenvalue weighted by Gasteiger charge is -2.16. The summed E-state index contributed by atoms with van der Waals surface area (Å²) in [6.45, 7) is 6.94. The van der Waals surface area contributed by atoms with Gasteiger partial charge in [0.2, 0.25) is 0 Å². The fourth-order valence-electron chi connectivity index (χ4n) is 2.63. The molecule has 1 aromatic carbocycles. The molecule has 2 aromatic rings. The quantitative estimate of drug-likeness (QED) is 0.689. The average Bonchev–Trinajstić information content (AvgIpc) is 3.02. The van der Waals surface area contributed by atoms with Crippen LogP contribution in [0.1, 0.15) is 44.4 Å². The van der Waals surface area contributed by atoms with Crippen molar-refractivity contribution in [2.24, 2.45) is 5.92 Å². The molecule has 3 N–H and O–H groups in total. The summed E-state index contributed by atoms with van der Waals surface area (Å²) in [4.78, 5) is 12.0. The van der Waals surface area contributed by atoms with Gasteiger partial charge in [0.05, 0.1) is 24.9 Å². The molecule has 6 nitrogen and oxygen atoms in total.